The molecule has 0 bridgehead atoms. The number of benzene rings is 1. The maximum atomic E-state index is 12.0. The second-order valence-corrected chi connectivity index (χ2v) is 5.00. The van der Waals surface area contributed by atoms with Crippen molar-refractivity contribution >= 4 is 23.1 Å². The number of Topliss-reactive ketones (excluding diaryl/α,β-unsaturated/α-hetero) is 1. The van der Waals surface area contributed by atoms with E-state index >= 15 is 0 Å². The molecule has 0 N–H and O–H groups in total. The lowest BCUT2D eigenvalue weighted by molar-refractivity contribution is -0.384. The average Bonchev–Trinajstić information content (AvgIpc) is 2.73. The standard InChI is InChI=1S/C14H16N2O4/c1-3-9(2)13(17)8-15-12-5-4-11(16(19)20)6-10(12)7-14(15)18/h4-6,9H,3,7-8H2,1-2H3. The molecule has 1 aromatic rings. The van der Waals surface area contributed by atoms with Crippen LogP contribution in [0.25, 0.3) is 0 Å². The Hall–Kier alpha value is -2.24. The van der Waals surface area contributed by atoms with E-state index in [1.807, 2.05) is 13.8 Å². The zero-order valence-electron chi connectivity index (χ0n) is 11.5. The summed E-state index contributed by atoms with van der Waals surface area (Å²) in [5.41, 5.74) is 1.19. The molecule has 1 heterocycles. The molecule has 1 aromatic carbocycles. The van der Waals surface area contributed by atoms with Gasteiger partial charge in [-0.25, -0.2) is 0 Å². The number of hydrogen-bond donors (Lipinski definition) is 0. The topological polar surface area (TPSA) is 80.5 Å². The van der Waals surface area contributed by atoms with E-state index in [1.165, 1.54) is 17.0 Å². The van der Waals surface area contributed by atoms with Gasteiger partial charge in [0.25, 0.3) is 5.69 Å². The third-order valence-corrected chi connectivity index (χ3v) is 3.68. The molecule has 0 aliphatic carbocycles. The minimum absolute atomic E-state index is 0.00653. The molecule has 0 saturated carbocycles. The van der Waals surface area contributed by atoms with E-state index in [-0.39, 0.29) is 36.3 Å². The molecular formula is C14H16N2O4. The predicted molar refractivity (Wildman–Crippen MR) is 73.6 cm³/mol. The first kappa shape index (κ1) is 14.2. The Labute approximate surface area is 116 Å². The van der Waals surface area contributed by atoms with E-state index in [1.54, 1.807) is 6.07 Å². The van der Waals surface area contributed by atoms with Gasteiger partial charge in [-0.15, -0.1) is 0 Å². The van der Waals surface area contributed by atoms with Crippen LogP contribution in [0, 0.1) is 16.0 Å². The first-order chi connectivity index (χ1) is 9.43. The van der Waals surface area contributed by atoms with Crippen LogP contribution in [0.1, 0.15) is 25.8 Å². The Kier molecular flexibility index (Phi) is 3.83. The number of nitrogens with zero attached hydrogens (tertiary/aromatic N) is 2. The van der Waals surface area contributed by atoms with Crippen LogP contribution >= 0.6 is 0 Å². The van der Waals surface area contributed by atoms with Crippen LogP contribution in [-0.4, -0.2) is 23.2 Å². The molecule has 1 amide bonds. The van der Waals surface area contributed by atoms with Crippen molar-refractivity contribution in [2.24, 2.45) is 5.92 Å². The number of non-ortho nitro benzene ring substituents is 1. The summed E-state index contributed by atoms with van der Waals surface area (Å²) < 4.78 is 0. The van der Waals surface area contributed by atoms with E-state index < -0.39 is 4.92 Å². The molecule has 0 spiro atoms. The second-order valence-electron chi connectivity index (χ2n) is 5.00. The maximum Gasteiger partial charge on any atom is 0.269 e. The fourth-order valence-corrected chi connectivity index (χ4v) is 2.20. The summed E-state index contributed by atoms with van der Waals surface area (Å²) in [6.07, 6.45) is 0.846. The Morgan fingerprint density at radius 1 is 1.50 bits per heavy atom. The molecule has 106 valence electrons. The highest BCUT2D eigenvalue weighted by Crippen LogP contribution is 2.32. The predicted octanol–water partition coefficient (Wildman–Crippen LogP) is 2.10. The van der Waals surface area contributed by atoms with Crippen molar-refractivity contribution in [2.75, 3.05) is 11.4 Å². The lowest BCUT2D eigenvalue weighted by Gasteiger charge is -2.18. The monoisotopic (exact) mass is 276 g/mol. The molecule has 2 rings (SSSR count). The van der Waals surface area contributed by atoms with Gasteiger partial charge in [-0.1, -0.05) is 13.8 Å². The molecular weight excluding hydrogens is 260 g/mol. The van der Waals surface area contributed by atoms with E-state index in [9.17, 15) is 19.7 Å². The van der Waals surface area contributed by atoms with Crippen LogP contribution in [0.5, 0.6) is 0 Å². The van der Waals surface area contributed by atoms with Crippen molar-refractivity contribution in [3.8, 4) is 0 Å². The molecule has 6 nitrogen and oxygen atoms in total. The van der Waals surface area contributed by atoms with Crippen molar-refractivity contribution in [1.29, 1.82) is 0 Å². The first-order valence-electron chi connectivity index (χ1n) is 6.54. The quantitative estimate of drug-likeness (QED) is 0.609. The number of fused-ring (bicyclic) bond motifs is 1. The molecule has 1 unspecified atom stereocenters. The first-order valence-corrected chi connectivity index (χ1v) is 6.54. The van der Waals surface area contributed by atoms with E-state index in [0.717, 1.165) is 6.42 Å². The van der Waals surface area contributed by atoms with Gasteiger partial charge in [0.15, 0.2) is 5.78 Å². The third kappa shape index (κ3) is 2.54. The summed E-state index contributed by atoms with van der Waals surface area (Å²) >= 11 is 0. The fraction of sp³-hybridized carbons (Fsp3) is 0.429. The molecule has 1 aliphatic rings. The summed E-state index contributed by atoms with van der Waals surface area (Å²) in [6.45, 7) is 3.80. The highest BCUT2D eigenvalue weighted by atomic mass is 16.6. The largest absolute Gasteiger partial charge is 0.304 e. The number of hydrogen-bond acceptors (Lipinski definition) is 4. The Balaban J connectivity index is 2.25. The summed E-state index contributed by atoms with van der Waals surface area (Å²) in [6, 6.07) is 4.31. The number of amides is 1. The second kappa shape index (κ2) is 5.40. The SMILES string of the molecule is CCC(C)C(=O)CN1C(=O)Cc2cc([N+](=O)[O-])ccc21. The average molecular weight is 276 g/mol. The molecule has 0 radical (unpaired) electrons. The Morgan fingerprint density at radius 3 is 2.80 bits per heavy atom. The normalized spacial score (nSPS) is 15.1. The van der Waals surface area contributed by atoms with Crippen molar-refractivity contribution in [1.82, 2.24) is 0 Å². The van der Waals surface area contributed by atoms with E-state index in [4.69, 9.17) is 0 Å². The van der Waals surface area contributed by atoms with E-state index in [0.29, 0.717) is 11.3 Å². The van der Waals surface area contributed by atoms with Crippen LogP contribution in [0.4, 0.5) is 11.4 Å². The number of rotatable bonds is 5. The number of carbonyl (C=O) groups is 2. The number of ketones is 1. The highest BCUT2D eigenvalue weighted by Gasteiger charge is 2.30. The smallest absolute Gasteiger partial charge is 0.269 e. The van der Waals surface area contributed by atoms with Crippen molar-refractivity contribution in [3.05, 3.63) is 33.9 Å². The minimum atomic E-state index is -0.488. The number of anilines is 1. The summed E-state index contributed by atoms with van der Waals surface area (Å²) in [5, 5.41) is 10.7. The third-order valence-electron chi connectivity index (χ3n) is 3.68. The lowest BCUT2D eigenvalue weighted by atomic mass is 10.0. The molecule has 6 heteroatoms. The van der Waals surface area contributed by atoms with Crippen molar-refractivity contribution < 1.29 is 14.5 Å². The zero-order chi connectivity index (χ0) is 14.9. The van der Waals surface area contributed by atoms with Crippen LogP contribution in [-0.2, 0) is 16.0 Å². The number of nitro groups is 1. The van der Waals surface area contributed by atoms with Gasteiger partial charge < -0.3 is 4.90 Å². The summed E-state index contributed by atoms with van der Waals surface area (Å²) in [4.78, 5) is 35.6. The van der Waals surface area contributed by atoms with Crippen LogP contribution < -0.4 is 4.90 Å². The molecule has 0 aromatic heterocycles. The van der Waals surface area contributed by atoms with Crippen LogP contribution in [0.2, 0.25) is 0 Å². The maximum absolute atomic E-state index is 12.0. The van der Waals surface area contributed by atoms with Gasteiger partial charge in [0.2, 0.25) is 5.91 Å². The molecule has 1 aliphatic heterocycles. The Bertz CT molecular complexity index is 583. The van der Waals surface area contributed by atoms with Gasteiger partial charge in [-0.3, -0.25) is 19.7 Å². The molecule has 20 heavy (non-hydrogen) atoms. The van der Waals surface area contributed by atoms with Crippen LogP contribution in [0.15, 0.2) is 18.2 Å². The van der Waals surface area contributed by atoms with Crippen molar-refractivity contribution in [2.45, 2.75) is 26.7 Å². The van der Waals surface area contributed by atoms with Crippen LogP contribution in [0.3, 0.4) is 0 Å². The van der Waals surface area contributed by atoms with Gasteiger partial charge >= 0.3 is 0 Å². The van der Waals surface area contributed by atoms with Gasteiger partial charge in [-0.05, 0) is 18.1 Å². The fourth-order valence-electron chi connectivity index (χ4n) is 2.20. The number of nitro benzene ring substituents is 1. The van der Waals surface area contributed by atoms with Crippen molar-refractivity contribution in [3.63, 3.8) is 0 Å². The van der Waals surface area contributed by atoms with Gasteiger partial charge in [0.05, 0.1) is 17.9 Å². The number of carbonyl (C=O) groups excluding carboxylic acids is 2. The Morgan fingerprint density at radius 2 is 2.20 bits per heavy atom. The highest BCUT2D eigenvalue weighted by molar-refractivity contribution is 6.05. The minimum Gasteiger partial charge on any atom is -0.304 e. The van der Waals surface area contributed by atoms with E-state index in [2.05, 4.69) is 0 Å². The van der Waals surface area contributed by atoms with Gasteiger partial charge in [-0.2, -0.15) is 0 Å². The molecule has 1 atom stereocenters. The molecule has 0 fully saturated rings. The molecule has 0 saturated heterocycles. The van der Waals surface area contributed by atoms with Gasteiger partial charge in [0, 0.05) is 23.7 Å². The summed E-state index contributed by atoms with van der Waals surface area (Å²) in [5.74, 6) is -0.269. The zero-order valence-corrected chi connectivity index (χ0v) is 11.5. The summed E-state index contributed by atoms with van der Waals surface area (Å²) in [7, 11) is 0. The van der Waals surface area contributed by atoms with Gasteiger partial charge in [0.1, 0.15) is 0 Å². The lowest BCUT2D eigenvalue weighted by Crippen LogP contribution is -2.34.